The topological polar surface area (TPSA) is 93.8 Å². The Hall–Kier alpha value is -1.64. The first-order chi connectivity index (χ1) is 9.43. The summed E-state index contributed by atoms with van der Waals surface area (Å²) in [4.78, 5) is 24.1. The number of carboxylic acid groups (broad SMARTS) is 1. The lowest BCUT2D eigenvalue weighted by molar-refractivity contribution is -0.311. The van der Waals surface area contributed by atoms with Crippen molar-refractivity contribution in [3.8, 4) is 0 Å². The minimum Gasteiger partial charge on any atom is -0.548 e. The van der Waals surface area contributed by atoms with Crippen LogP contribution in [0.1, 0.15) is 11.5 Å². The number of carbonyl (C=O) groups is 2. The van der Waals surface area contributed by atoms with Crippen LogP contribution in [0.25, 0.3) is 6.08 Å². The summed E-state index contributed by atoms with van der Waals surface area (Å²) in [7, 11) is 0. The molecular formula is C12H10NO5S2-. The van der Waals surface area contributed by atoms with E-state index in [1.807, 2.05) is 0 Å². The summed E-state index contributed by atoms with van der Waals surface area (Å²) in [6, 6.07) is 1.95. The monoisotopic (exact) mass is 312 g/mol. The number of aliphatic carboxylic acids is 1. The Bertz CT molecular complexity index is 607. The third-order valence-corrected chi connectivity index (χ3v) is 3.95. The predicted molar refractivity (Wildman–Crippen MR) is 74.3 cm³/mol. The van der Waals surface area contributed by atoms with Crippen molar-refractivity contribution in [1.82, 2.24) is 4.90 Å². The number of aliphatic hydroxyl groups excluding tert-OH is 1. The second-order valence-corrected chi connectivity index (χ2v) is 5.69. The summed E-state index contributed by atoms with van der Waals surface area (Å²) in [5.74, 6) is -0.983. The van der Waals surface area contributed by atoms with Crippen molar-refractivity contribution in [2.24, 2.45) is 0 Å². The van der Waals surface area contributed by atoms with E-state index in [0.29, 0.717) is 11.5 Å². The van der Waals surface area contributed by atoms with Gasteiger partial charge in [-0.25, -0.2) is 0 Å². The molecule has 0 radical (unpaired) electrons. The number of thioether (sulfide) groups is 1. The van der Waals surface area contributed by atoms with Crippen LogP contribution in [0.2, 0.25) is 0 Å². The van der Waals surface area contributed by atoms with E-state index >= 15 is 0 Å². The molecule has 0 unspecified atom stereocenters. The van der Waals surface area contributed by atoms with E-state index in [-0.39, 0.29) is 9.23 Å². The highest BCUT2D eigenvalue weighted by molar-refractivity contribution is 8.26. The molecule has 1 aliphatic heterocycles. The molecule has 0 spiro atoms. The summed E-state index contributed by atoms with van der Waals surface area (Å²) < 4.78 is 5.38. The normalized spacial score (nSPS) is 18.9. The number of furan rings is 1. The summed E-state index contributed by atoms with van der Waals surface area (Å²) in [6.45, 7) is 1.00. The van der Waals surface area contributed by atoms with Gasteiger partial charge in [0.15, 0.2) is 0 Å². The Balaban J connectivity index is 2.29. The molecule has 1 atom stereocenters. The molecule has 1 fully saturated rings. The highest BCUT2D eigenvalue weighted by Crippen LogP contribution is 2.34. The smallest absolute Gasteiger partial charge is 0.267 e. The quantitative estimate of drug-likeness (QED) is 0.613. The zero-order chi connectivity index (χ0) is 14.9. The minimum absolute atomic E-state index is 0.0628. The summed E-state index contributed by atoms with van der Waals surface area (Å²) >= 11 is 5.93. The lowest BCUT2D eigenvalue weighted by Gasteiger charge is -2.25. The van der Waals surface area contributed by atoms with Gasteiger partial charge in [-0.2, -0.15) is 0 Å². The molecule has 1 N–H and O–H groups in total. The van der Waals surface area contributed by atoms with Gasteiger partial charge in [0, 0.05) is 6.08 Å². The highest BCUT2D eigenvalue weighted by atomic mass is 32.2. The third-order valence-electron chi connectivity index (χ3n) is 2.61. The average Bonchev–Trinajstić information content (AvgIpc) is 2.89. The van der Waals surface area contributed by atoms with Gasteiger partial charge in [-0.05, 0) is 19.1 Å². The van der Waals surface area contributed by atoms with E-state index in [4.69, 9.17) is 21.7 Å². The van der Waals surface area contributed by atoms with Crippen LogP contribution >= 0.6 is 24.0 Å². The first-order valence-electron chi connectivity index (χ1n) is 5.59. The number of hydrogen-bond donors (Lipinski definition) is 1. The lowest BCUT2D eigenvalue weighted by atomic mass is 10.2. The average molecular weight is 312 g/mol. The zero-order valence-corrected chi connectivity index (χ0v) is 12.0. The number of aliphatic hydroxyl groups is 1. The second-order valence-electron chi connectivity index (χ2n) is 4.02. The van der Waals surface area contributed by atoms with Crippen molar-refractivity contribution >= 4 is 46.3 Å². The van der Waals surface area contributed by atoms with Crippen molar-refractivity contribution in [1.29, 1.82) is 0 Å². The molecule has 1 saturated heterocycles. The first-order valence-corrected chi connectivity index (χ1v) is 6.81. The maximum absolute atomic E-state index is 12.1. The Morgan fingerprint density at radius 2 is 2.35 bits per heavy atom. The van der Waals surface area contributed by atoms with Crippen molar-refractivity contribution in [2.75, 3.05) is 6.61 Å². The van der Waals surface area contributed by atoms with Crippen LogP contribution < -0.4 is 5.11 Å². The van der Waals surface area contributed by atoms with Gasteiger partial charge in [-0.15, -0.1) is 0 Å². The molecule has 0 aliphatic carbocycles. The molecule has 106 valence electrons. The summed E-state index contributed by atoms with van der Waals surface area (Å²) in [5, 5.41) is 20.0. The van der Waals surface area contributed by atoms with Gasteiger partial charge < -0.3 is 19.4 Å². The van der Waals surface area contributed by atoms with Crippen LogP contribution in [0.3, 0.4) is 0 Å². The minimum atomic E-state index is -1.56. The Morgan fingerprint density at radius 1 is 1.65 bits per heavy atom. The third kappa shape index (κ3) is 2.77. The van der Waals surface area contributed by atoms with Gasteiger partial charge in [0.2, 0.25) is 0 Å². The van der Waals surface area contributed by atoms with E-state index in [1.54, 1.807) is 19.1 Å². The van der Waals surface area contributed by atoms with E-state index < -0.39 is 24.5 Å². The van der Waals surface area contributed by atoms with Gasteiger partial charge in [0.1, 0.15) is 21.9 Å². The molecule has 8 heteroatoms. The van der Waals surface area contributed by atoms with Crippen LogP contribution in [0.5, 0.6) is 0 Å². The van der Waals surface area contributed by atoms with Crippen molar-refractivity contribution in [3.05, 3.63) is 28.6 Å². The fraction of sp³-hybridized carbons (Fsp3) is 0.250. The number of rotatable bonds is 4. The summed E-state index contributed by atoms with van der Waals surface area (Å²) in [5.41, 5.74) is 0. The van der Waals surface area contributed by atoms with E-state index in [2.05, 4.69) is 0 Å². The molecular weight excluding hydrogens is 302 g/mol. The van der Waals surface area contributed by atoms with Gasteiger partial charge in [-0.1, -0.05) is 24.0 Å². The number of aryl methyl sites for hydroxylation is 1. The molecule has 0 bridgehead atoms. The van der Waals surface area contributed by atoms with Gasteiger partial charge in [-0.3, -0.25) is 9.69 Å². The number of carboxylic acids is 1. The standard InChI is InChI=1S/C12H11NO5S2/c1-6-2-3-7(18-6)4-9-10(15)13(12(19)20-9)8(5-14)11(16)17/h2-4,8,14H,5H2,1H3,(H,16,17)/p-1/b9-4+/t8-/m0/s1. The Morgan fingerprint density at radius 3 is 2.85 bits per heavy atom. The van der Waals surface area contributed by atoms with E-state index in [1.165, 1.54) is 6.08 Å². The van der Waals surface area contributed by atoms with Gasteiger partial charge in [0.05, 0.1) is 17.5 Å². The Kier molecular flexibility index (Phi) is 4.26. The van der Waals surface area contributed by atoms with Crippen LogP contribution in [0.15, 0.2) is 21.5 Å². The fourth-order valence-electron chi connectivity index (χ4n) is 1.67. The maximum Gasteiger partial charge on any atom is 0.267 e. The molecule has 1 aliphatic rings. The fourth-order valence-corrected chi connectivity index (χ4v) is 3.01. The Labute approximate surface area is 124 Å². The molecule has 6 nitrogen and oxygen atoms in total. The van der Waals surface area contributed by atoms with E-state index in [0.717, 1.165) is 16.7 Å². The number of nitrogens with zero attached hydrogens (tertiary/aromatic N) is 1. The number of thiocarbonyl (C=S) groups is 1. The van der Waals surface area contributed by atoms with Gasteiger partial charge >= 0.3 is 0 Å². The molecule has 0 aromatic carbocycles. The van der Waals surface area contributed by atoms with Crippen LogP contribution in [-0.4, -0.2) is 38.9 Å². The molecule has 0 saturated carbocycles. The number of carbonyl (C=O) groups excluding carboxylic acids is 2. The molecule has 1 aromatic heterocycles. The van der Waals surface area contributed by atoms with Gasteiger partial charge in [0.25, 0.3) is 5.91 Å². The maximum atomic E-state index is 12.1. The highest BCUT2D eigenvalue weighted by Gasteiger charge is 2.37. The molecule has 1 amide bonds. The van der Waals surface area contributed by atoms with E-state index in [9.17, 15) is 14.7 Å². The lowest BCUT2D eigenvalue weighted by Crippen LogP contribution is -2.51. The zero-order valence-electron chi connectivity index (χ0n) is 10.4. The molecule has 1 aromatic rings. The summed E-state index contributed by atoms with van der Waals surface area (Å²) in [6.07, 6.45) is 1.48. The number of hydrogen-bond acceptors (Lipinski definition) is 7. The van der Waals surface area contributed by atoms with Crippen LogP contribution in [-0.2, 0) is 9.59 Å². The molecule has 20 heavy (non-hydrogen) atoms. The largest absolute Gasteiger partial charge is 0.548 e. The van der Waals surface area contributed by atoms with Crippen LogP contribution in [0, 0.1) is 6.92 Å². The SMILES string of the molecule is Cc1ccc(/C=C2/SC(=S)N([C@@H](CO)C(=O)[O-])C2=O)o1. The van der Waals surface area contributed by atoms with Crippen LogP contribution in [0.4, 0.5) is 0 Å². The number of amides is 1. The predicted octanol–water partition coefficient (Wildman–Crippen LogP) is -0.1000. The first kappa shape index (κ1) is 14.8. The molecule has 2 rings (SSSR count). The molecule has 2 heterocycles. The van der Waals surface area contributed by atoms with Crippen molar-refractivity contribution in [2.45, 2.75) is 13.0 Å². The second kappa shape index (κ2) is 5.78. The van der Waals surface area contributed by atoms with Crippen molar-refractivity contribution < 1.29 is 24.2 Å². The van der Waals surface area contributed by atoms with Crippen molar-refractivity contribution in [3.63, 3.8) is 0 Å².